The minimum absolute atomic E-state index is 0.00654. The third-order valence-electron chi connectivity index (χ3n) is 15.5. The Labute approximate surface area is 448 Å². The van der Waals surface area contributed by atoms with Crippen LogP contribution in [0.4, 0.5) is 0 Å². The number of hydrogen-bond donors (Lipinski definition) is 0. The number of rotatable bonds is 60. The third-order valence-corrected chi connectivity index (χ3v) is 15.5. The molecule has 0 aromatic heterocycles. The maximum atomic E-state index is 12.1. The predicted octanol–water partition coefficient (Wildman–Crippen LogP) is 24.0. The zero-order valence-electron chi connectivity index (χ0n) is 49.9. The van der Waals surface area contributed by atoms with E-state index in [2.05, 4.69) is 34.6 Å². The van der Waals surface area contributed by atoms with Crippen molar-refractivity contribution in [3.63, 3.8) is 0 Å². The summed E-state index contributed by atoms with van der Waals surface area (Å²) in [6.45, 7) is 12.3. The lowest BCUT2D eigenvalue weighted by Crippen LogP contribution is -2.17. The van der Waals surface area contributed by atoms with Gasteiger partial charge in [-0.1, -0.05) is 362 Å². The second-order valence-corrected chi connectivity index (χ2v) is 22.7. The second kappa shape index (κ2) is 67.0. The Morgan fingerprint density at radius 3 is 0.704 bits per heavy atom. The van der Waals surface area contributed by atoms with Crippen LogP contribution >= 0.6 is 0 Å². The number of hydrogen-bond acceptors (Lipinski definition) is 4. The highest BCUT2D eigenvalue weighted by Gasteiger charge is 2.17. The van der Waals surface area contributed by atoms with E-state index in [0.717, 1.165) is 51.4 Å². The average molecular weight is 1000 g/mol. The van der Waals surface area contributed by atoms with Gasteiger partial charge in [-0.25, -0.2) is 0 Å². The van der Waals surface area contributed by atoms with Gasteiger partial charge in [0.05, 0.1) is 19.1 Å². The number of carbonyl (C=O) groups excluding carboxylic acids is 2. The first-order valence-corrected chi connectivity index (χ1v) is 33.4. The fourth-order valence-corrected chi connectivity index (χ4v) is 10.3. The summed E-state index contributed by atoms with van der Waals surface area (Å²) in [6.07, 6.45) is 77.2. The number of carbonyl (C=O) groups is 2. The second-order valence-electron chi connectivity index (χ2n) is 22.7. The topological polar surface area (TPSA) is 52.6 Å². The van der Waals surface area contributed by atoms with Crippen LogP contribution in [0.15, 0.2) is 0 Å². The summed E-state index contributed by atoms with van der Waals surface area (Å²) in [4.78, 5) is 23.7. The van der Waals surface area contributed by atoms with Crippen molar-refractivity contribution in [3.05, 3.63) is 0 Å². The van der Waals surface area contributed by atoms with E-state index < -0.39 is 0 Å². The predicted molar refractivity (Wildman–Crippen MR) is 317 cm³/mol. The lowest BCUT2D eigenvalue weighted by atomic mass is 10.00. The van der Waals surface area contributed by atoms with Crippen molar-refractivity contribution in [1.82, 2.24) is 0 Å². The van der Waals surface area contributed by atoms with Crippen molar-refractivity contribution >= 4 is 11.9 Å². The van der Waals surface area contributed by atoms with Gasteiger partial charge in [-0.2, -0.15) is 0 Å². The molecule has 71 heavy (non-hydrogen) atoms. The largest absolute Gasteiger partial charge is 0.466 e. The summed E-state index contributed by atoms with van der Waals surface area (Å²) >= 11 is 0. The Morgan fingerprint density at radius 1 is 0.254 bits per heavy atom. The molecule has 4 heteroatoms. The molecule has 4 nitrogen and oxygen atoms in total. The molecular weight excluding hydrogens is 869 g/mol. The fourth-order valence-electron chi connectivity index (χ4n) is 10.3. The maximum absolute atomic E-state index is 12.1. The highest BCUT2D eigenvalue weighted by Crippen LogP contribution is 2.19. The minimum Gasteiger partial charge on any atom is -0.466 e. The highest BCUT2D eigenvalue weighted by molar-refractivity contribution is 5.72. The molecule has 0 radical (unpaired) electrons. The smallest absolute Gasteiger partial charge is 0.308 e. The average Bonchev–Trinajstić information content (AvgIpc) is 3.38. The van der Waals surface area contributed by atoms with Crippen molar-refractivity contribution in [3.8, 4) is 0 Å². The van der Waals surface area contributed by atoms with Crippen molar-refractivity contribution in [2.24, 2.45) is 5.92 Å². The standard InChI is InChI=1S/C42H84O2.C25H50O2/c1-4-7-9-10-11-12-13-14-15-16-17-18-19-20-21-22-23-24-25-26-27-28-29-30-31-32-33-34-35-36-37-38-40-44-42(43)41(6-3)39-8-5-2;1-3-5-7-9-10-11-12-13-14-15-16-17-18-19-20-22-24-27-25(26)23-21-8-6-4-2/h41H,4-40H2,1-3H3;3-24H2,1-2H3. The molecule has 0 heterocycles. The fraction of sp³-hybridized carbons (Fsp3) is 0.970. The summed E-state index contributed by atoms with van der Waals surface area (Å²) in [5.74, 6) is 0.173. The van der Waals surface area contributed by atoms with Gasteiger partial charge in [0.25, 0.3) is 0 Å². The Morgan fingerprint density at radius 2 is 0.465 bits per heavy atom. The molecule has 0 aromatic rings. The molecule has 0 saturated carbocycles. The van der Waals surface area contributed by atoms with Crippen molar-refractivity contribution in [1.29, 1.82) is 0 Å². The van der Waals surface area contributed by atoms with Crippen molar-refractivity contribution in [2.45, 2.75) is 401 Å². The van der Waals surface area contributed by atoms with Crippen LogP contribution in [0.5, 0.6) is 0 Å². The molecule has 0 fully saturated rings. The van der Waals surface area contributed by atoms with Crippen molar-refractivity contribution in [2.75, 3.05) is 13.2 Å². The van der Waals surface area contributed by atoms with Crippen molar-refractivity contribution < 1.29 is 19.1 Å². The zero-order valence-corrected chi connectivity index (χ0v) is 49.9. The lowest BCUT2D eigenvalue weighted by Gasteiger charge is -2.13. The van der Waals surface area contributed by atoms with Gasteiger partial charge in [0, 0.05) is 6.42 Å². The van der Waals surface area contributed by atoms with Gasteiger partial charge in [0.1, 0.15) is 0 Å². The van der Waals surface area contributed by atoms with Gasteiger partial charge < -0.3 is 9.47 Å². The van der Waals surface area contributed by atoms with E-state index in [0.29, 0.717) is 19.6 Å². The highest BCUT2D eigenvalue weighted by atomic mass is 16.5. The lowest BCUT2D eigenvalue weighted by molar-refractivity contribution is -0.149. The number of esters is 2. The van der Waals surface area contributed by atoms with Gasteiger partial charge in [-0.3, -0.25) is 9.59 Å². The molecule has 426 valence electrons. The molecular formula is C67H134O4. The molecule has 0 bridgehead atoms. The molecule has 0 amide bonds. The molecule has 0 aliphatic heterocycles. The van der Waals surface area contributed by atoms with E-state index in [-0.39, 0.29) is 17.9 Å². The first-order chi connectivity index (χ1) is 35.1. The molecule has 0 rings (SSSR count). The zero-order chi connectivity index (χ0) is 51.9. The van der Waals surface area contributed by atoms with E-state index in [1.165, 1.54) is 308 Å². The van der Waals surface area contributed by atoms with Gasteiger partial charge in [-0.15, -0.1) is 0 Å². The monoisotopic (exact) mass is 1000 g/mol. The maximum Gasteiger partial charge on any atom is 0.308 e. The molecule has 0 aliphatic rings. The molecule has 1 unspecified atom stereocenters. The molecule has 0 aliphatic carbocycles. The SMILES string of the molecule is CCCCCCCCCCCCCCCCCCCCCCCCCCCCCCCCCCOC(=O)C(CC)CCCC.CCCCCCCCCCCCCCCCCCOC(=O)CCCCCC. The van der Waals surface area contributed by atoms with Crippen LogP contribution in [0.1, 0.15) is 401 Å². The van der Waals surface area contributed by atoms with Crippen LogP contribution in [-0.4, -0.2) is 25.2 Å². The van der Waals surface area contributed by atoms with Gasteiger partial charge >= 0.3 is 11.9 Å². The minimum atomic E-state index is 0.00654. The first-order valence-electron chi connectivity index (χ1n) is 33.4. The van der Waals surface area contributed by atoms with Crippen LogP contribution in [0.2, 0.25) is 0 Å². The van der Waals surface area contributed by atoms with E-state index in [1.807, 2.05) is 0 Å². The van der Waals surface area contributed by atoms with Crippen LogP contribution in [0.25, 0.3) is 0 Å². The van der Waals surface area contributed by atoms with E-state index in [1.54, 1.807) is 0 Å². The number of ether oxygens (including phenoxy) is 2. The summed E-state index contributed by atoms with van der Waals surface area (Å²) in [5, 5.41) is 0. The van der Waals surface area contributed by atoms with Crippen LogP contribution in [0, 0.1) is 5.92 Å². The van der Waals surface area contributed by atoms with Gasteiger partial charge in [-0.05, 0) is 32.1 Å². The van der Waals surface area contributed by atoms with Crippen LogP contribution < -0.4 is 0 Å². The summed E-state index contributed by atoms with van der Waals surface area (Å²) in [6, 6.07) is 0. The molecule has 0 spiro atoms. The molecule has 0 N–H and O–H groups in total. The van der Waals surface area contributed by atoms with Gasteiger partial charge in [0.2, 0.25) is 0 Å². The molecule has 1 atom stereocenters. The summed E-state index contributed by atoms with van der Waals surface area (Å²) < 4.78 is 10.8. The summed E-state index contributed by atoms with van der Waals surface area (Å²) in [7, 11) is 0. The van der Waals surface area contributed by atoms with Gasteiger partial charge in [0.15, 0.2) is 0 Å². The first kappa shape index (κ1) is 72.0. The normalized spacial score (nSPS) is 11.7. The van der Waals surface area contributed by atoms with Crippen LogP contribution in [0.3, 0.4) is 0 Å². The quantitative estimate of drug-likeness (QED) is 0.0450. The van der Waals surface area contributed by atoms with Crippen LogP contribution in [-0.2, 0) is 19.1 Å². The Kier molecular flexibility index (Phi) is 67.9. The number of unbranched alkanes of at least 4 members (excludes halogenated alkanes) is 50. The molecule has 0 saturated heterocycles. The Balaban J connectivity index is 0. The molecule has 0 aromatic carbocycles. The summed E-state index contributed by atoms with van der Waals surface area (Å²) in [5.41, 5.74) is 0. The third kappa shape index (κ3) is 65.0. The van der Waals surface area contributed by atoms with E-state index in [4.69, 9.17) is 9.47 Å². The Hall–Kier alpha value is -1.06. The van der Waals surface area contributed by atoms with E-state index >= 15 is 0 Å². The van der Waals surface area contributed by atoms with E-state index in [9.17, 15) is 9.59 Å². The Bertz CT molecular complexity index is 964.